The molecule has 5 heteroatoms. The molecular formula is C8H7ClF2O2. The van der Waals surface area contributed by atoms with E-state index >= 15 is 0 Å². The molecule has 0 unspecified atom stereocenters. The minimum Gasteiger partial charge on any atom is -0.493 e. The zero-order valence-electron chi connectivity index (χ0n) is 6.77. The van der Waals surface area contributed by atoms with Crippen molar-refractivity contribution in [2.24, 2.45) is 0 Å². The molecule has 0 bridgehead atoms. The van der Waals surface area contributed by atoms with Crippen LogP contribution in [-0.4, -0.2) is 12.2 Å². The molecule has 0 saturated carbocycles. The molecule has 0 atom stereocenters. The normalized spacial score (nSPS) is 10.2. The van der Waals surface area contributed by atoms with Crippen molar-refractivity contribution in [3.63, 3.8) is 0 Å². The van der Waals surface area contributed by atoms with E-state index in [4.69, 9.17) is 16.7 Å². The van der Waals surface area contributed by atoms with Gasteiger partial charge in [-0.3, -0.25) is 0 Å². The molecule has 1 aromatic carbocycles. The van der Waals surface area contributed by atoms with Crippen LogP contribution in [0.25, 0.3) is 0 Å². The number of aliphatic hydroxyl groups is 1. The first-order chi connectivity index (χ1) is 6.11. The Labute approximate surface area is 78.7 Å². The summed E-state index contributed by atoms with van der Waals surface area (Å²) >= 11 is 5.35. The minimum absolute atomic E-state index is 0.271. The van der Waals surface area contributed by atoms with Crippen molar-refractivity contribution >= 4 is 11.6 Å². The van der Waals surface area contributed by atoms with Crippen molar-refractivity contribution in [2.75, 3.05) is 7.11 Å². The standard InChI is InChI=1S/C8H7ClF2O2/c1-13-8-4(3-12)7(11)5(9)2-6(8)10/h2,12H,3H2,1H3. The van der Waals surface area contributed by atoms with Crippen LogP contribution in [0.3, 0.4) is 0 Å². The van der Waals surface area contributed by atoms with Crippen LogP contribution in [0.4, 0.5) is 8.78 Å². The van der Waals surface area contributed by atoms with Crippen LogP contribution in [-0.2, 0) is 6.61 Å². The third-order valence-corrected chi connectivity index (χ3v) is 1.86. The number of rotatable bonds is 2. The van der Waals surface area contributed by atoms with Crippen LogP contribution < -0.4 is 4.74 Å². The van der Waals surface area contributed by atoms with Gasteiger partial charge in [0.15, 0.2) is 17.4 Å². The van der Waals surface area contributed by atoms with Gasteiger partial charge in [0, 0.05) is 0 Å². The van der Waals surface area contributed by atoms with Gasteiger partial charge in [0.05, 0.1) is 24.3 Å². The van der Waals surface area contributed by atoms with E-state index in [1.54, 1.807) is 0 Å². The summed E-state index contributed by atoms with van der Waals surface area (Å²) in [5.41, 5.74) is -0.271. The number of benzene rings is 1. The zero-order chi connectivity index (χ0) is 10.0. The molecule has 0 aliphatic heterocycles. The predicted molar refractivity (Wildman–Crippen MR) is 43.8 cm³/mol. The number of halogens is 3. The zero-order valence-corrected chi connectivity index (χ0v) is 7.53. The number of hydrogen-bond donors (Lipinski definition) is 1. The van der Waals surface area contributed by atoms with Crippen molar-refractivity contribution in [3.8, 4) is 5.75 Å². The molecule has 0 radical (unpaired) electrons. The maximum Gasteiger partial charge on any atom is 0.167 e. The summed E-state index contributed by atoms with van der Waals surface area (Å²) in [6.45, 7) is -0.660. The topological polar surface area (TPSA) is 29.5 Å². The third kappa shape index (κ3) is 1.73. The van der Waals surface area contributed by atoms with Crippen LogP contribution in [0, 0.1) is 11.6 Å². The molecule has 0 fully saturated rings. The van der Waals surface area contributed by atoms with E-state index in [1.165, 1.54) is 7.11 Å². The Morgan fingerprint density at radius 3 is 2.62 bits per heavy atom. The molecule has 72 valence electrons. The fraction of sp³-hybridized carbons (Fsp3) is 0.250. The fourth-order valence-corrected chi connectivity index (χ4v) is 1.20. The molecule has 0 aromatic heterocycles. The lowest BCUT2D eigenvalue weighted by atomic mass is 10.2. The van der Waals surface area contributed by atoms with Gasteiger partial charge in [-0.1, -0.05) is 11.6 Å². The van der Waals surface area contributed by atoms with Gasteiger partial charge in [-0.15, -0.1) is 0 Å². The van der Waals surface area contributed by atoms with Gasteiger partial charge in [-0.05, 0) is 6.07 Å². The molecule has 1 rings (SSSR count). The highest BCUT2D eigenvalue weighted by molar-refractivity contribution is 6.30. The van der Waals surface area contributed by atoms with Crippen molar-refractivity contribution in [1.82, 2.24) is 0 Å². The molecule has 0 aliphatic carbocycles. The second kappa shape index (κ2) is 3.89. The Morgan fingerprint density at radius 1 is 1.54 bits per heavy atom. The van der Waals surface area contributed by atoms with E-state index in [0.29, 0.717) is 0 Å². The lowest BCUT2D eigenvalue weighted by Gasteiger charge is -2.09. The Bertz CT molecular complexity index is 328. The maximum atomic E-state index is 13.1. The molecule has 0 aliphatic rings. The number of methoxy groups -OCH3 is 1. The Balaban J connectivity index is 3.41. The van der Waals surface area contributed by atoms with Gasteiger partial charge in [-0.25, -0.2) is 8.78 Å². The first-order valence-corrected chi connectivity index (χ1v) is 3.80. The average Bonchev–Trinajstić information content (AvgIpc) is 2.10. The SMILES string of the molecule is COc1c(F)cc(Cl)c(F)c1CO. The van der Waals surface area contributed by atoms with Crippen molar-refractivity contribution in [2.45, 2.75) is 6.61 Å². The van der Waals surface area contributed by atoms with Crippen LogP contribution in [0.2, 0.25) is 5.02 Å². The molecule has 1 N–H and O–H groups in total. The summed E-state index contributed by atoms with van der Waals surface area (Å²) in [5.74, 6) is -1.97. The van der Waals surface area contributed by atoms with Crippen molar-refractivity contribution < 1.29 is 18.6 Å². The van der Waals surface area contributed by atoms with E-state index in [1.807, 2.05) is 0 Å². The molecule has 0 heterocycles. The van der Waals surface area contributed by atoms with Gasteiger partial charge in [0.1, 0.15) is 0 Å². The average molecular weight is 209 g/mol. The van der Waals surface area contributed by atoms with Crippen molar-refractivity contribution in [3.05, 3.63) is 28.3 Å². The van der Waals surface area contributed by atoms with Crippen LogP contribution in [0.1, 0.15) is 5.56 Å². The molecule has 1 aromatic rings. The van der Waals surface area contributed by atoms with Gasteiger partial charge in [0.2, 0.25) is 0 Å². The predicted octanol–water partition coefficient (Wildman–Crippen LogP) is 2.12. The molecule has 0 spiro atoms. The van der Waals surface area contributed by atoms with E-state index in [2.05, 4.69) is 4.74 Å². The Hall–Kier alpha value is -0.870. The highest BCUT2D eigenvalue weighted by Gasteiger charge is 2.17. The number of ether oxygens (including phenoxy) is 1. The summed E-state index contributed by atoms with van der Waals surface area (Å²) in [7, 11) is 1.19. The lowest BCUT2D eigenvalue weighted by molar-refractivity contribution is 0.263. The first kappa shape index (κ1) is 10.2. The lowest BCUT2D eigenvalue weighted by Crippen LogP contribution is -1.99. The van der Waals surface area contributed by atoms with E-state index < -0.39 is 18.2 Å². The van der Waals surface area contributed by atoms with E-state index in [-0.39, 0.29) is 16.3 Å². The highest BCUT2D eigenvalue weighted by Crippen LogP contribution is 2.30. The minimum atomic E-state index is -0.859. The summed E-state index contributed by atoms with van der Waals surface area (Å²) in [6, 6.07) is 0.800. The third-order valence-electron chi connectivity index (χ3n) is 1.58. The summed E-state index contributed by atoms with van der Waals surface area (Å²) in [6.07, 6.45) is 0. The smallest absolute Gasteiger partial charge is 0.167 e. The summed E-state index contributed by atoms with van der Waals surface area (Å²) in [4.78, 5) is 0. The first-order valence-electron chi connectivity index (χ1n) is 3.43. The van der Waals surface area contributed by atoms with Crippen LogP contribution in [0.5, 0.6) is 5.75 Å². The monoisotopic (exact) mass is 208 g/mol. The second-order valence-electron chi connectivity index (χ2n) is 2.32. The fourth-order valence-electron chi connectivity index (χ4n) is 0.990. The van der Waals surface area contributed by atoms with Crippen molar-refractivity contribution in [1.29, 1.82) is 0 Å². The van der Waals surface area contributed by atoms with Gasteiger partial charge in [-0.2, -0.15) is 0 Å². The molecule has 2 nitrogen and oxygen atoms in total. The maximum absolute atomic E-state index is 13.1. The van der Waals surface area contributed by atoms with E-state index in [0.717, 1.165) is 6.07 Å². The van der Waals surface area contributed by atoms with Crippen LogP contribution >= 0.6 is 11.6 Å². The number of aliphatic hydroxyl groups excluding tert-OH is 1. The van der Waals surface area contributed by atoms with Gasteiger partial charge < -0.3 is 9.84 Å². The molecule has 0 saturated heterocycles. The van der Waals surface area contributed by atoms with E-state index in [9.17, 15) is 8.78 Å². The molecule has 0 amide bonds. The summed E-state index contributed by atoms with van der Waals surface area (Å²) in [5, 5.41) is 8.36. The van der Waals surface area contributed by atoms with Gasteiger partial charge >= 0.3 is 0 Å². The molecular weight excluding hydrogens is 202 g/mol. The highest BCUT2D eigenvalue weighted by atomic mass is 35.5. The molecule has 13 heavy (non-hydrogen) atoms. The second-order valence-corrected chi connectivity index (χ2v) is 2.73. The quantitative estimate of drug-likeness (QED) is 0.755. The van der Waals surface area contributed by atoms with Crippen LogP contribution in [0.15, 0.2) is 6.07 Å². The summed E-state index contributed by atoms with van der Waals surface area (Å²) < 4.78 is 30.7. The Kier molecular flexibility index (Phi) is 3.06. The largest absolute Gasteiger partial charge is 0.493 e. The van der Waals surface area contributed by atoms with Gasteiger partial charge in [0.25, 0.3) is 0 Å². The Morgan fingerprint density at radius 2 is 2.15 bits per heavy atom. The number of hydrogen-bond acceptors (Lipinski definition) is 2.